The molecule has 3 aromatic heterocycles. The Morgan fingerprint density at radius 1 is 0.830 bits per heavy atom. The van der Waals surface area contributed by atoms with Crippen molar-refractivity contribution < 1.29 is 25.8 Å². The van der Waals surface area contributed by atoms with Crippen molar-refractivity contribution in [1.29, 1.82) is 0 Å². The van der Waals surface area contributed by atoms with Crippen LogP contribution in [0.5, 0.6) is 11.5 Å². The van der Waals surface area contributed by atoms with E-state index in [2.05, 4.69) is 111 Å². The number of fused-ring (bicyclic) bond motifs is 3. The Morgan fingerprint density at radius 2 is 1.60 bits per heavy atom. The van der Waals surface area contributed by atoms with Crippen molar-refractivity contribution in [2.24, 2.45) is 5.92 Å². The molecule has 0 saturated carbocycles. The molecular formula is C41H38N4OPt. The molecule has 238 valence electrons. The molecule has 0 aliphatic heterocycles. The van der Waals surface area contributed by atoms with E-state index in [1.165, 1.54) is 22.3 Å². The summed E-state index contributed by atoms with van der Waals surface area (Å²) in [5, 5.41) is 7.01. The Kier molecular flexibility index (Phi) is 9.47. The summed E-state index contributed by atoms with van der Waals surface area (Å²) in [6.07, 6.45) is 8.98. The molecule has 6 heteroatoms. The molecule has 0 N–H and O–H groups in total. The smallest absolute Gasteiger partial charge is 0.509 e. The van der Waals surface area contributed by atoms with Crippen molar-refractivity contribution in [1.82, 2.24) is 19.3 Å². The van der Waals surface area contributed by atoms with Crippen LogP contribution in [0.15, 0.2) is 97.5 Å². The second kappa shape index (κ2) is 13.7. The fraction of sp³-hybridized carbons (Fsp3) is 0.220. The maximum Gasteiger partial charge on any atom is 2.00 e. The van der Waals surface area contributed by atoms with Gasteiger partial charge in [0.1, 0.15) is 5.82 Å². The Hall–Kier alpha value is -4.47. The number of para-hydroxylation sites is 1. The van der Waals surface area contributed by atoms with Gasteiger partial charge in [-0.05, 0) is 89.2 Å². The first-order chi connectivity index (χ1) is 22.4. The molecule has 0 radical (unpaired) electrons. The van der Waals surface area contributed by atoms with Gasteiger partial charge < -0.3 is 9.30 Å². The summed E-state index contributed by atoms with van der Waals surface area (Å²) in [5.41, 5.74) is 10.6. The Balaban J connectivity index is 0.00000386. The molecule has 0 amide bonds. The standard InChI is InChI=1S/C41H38N4O.Pt/c1-6-30-21-29(19-27(3)4)22-31(7-2)41(30)32-25-43-44(26-32)33-11-10-12-34(23-33)46-35-15-16-37-36-13-8-9-14-38(36)45(39(37)24-35)40-20-28(5)17-18-42-40;/h8-18,20-22,25-27H,6-7,19H2,1-5H3;/q-2;+2. The molecule has 0 aliphatic carbocycles. The van der Waals surface area contributed by atoms with Crippen LogP contribution in [0.2, 0.25) is 0 Å². The molecule has 7 aromatic rings. The largest absolute Gasteiger partial charge is 2.00 e. The monoisotopic (exact) mass is 797 g/mol. The number of rotatable bonds is 9. The van der Waals surface area contributed by atoms with Gasteiger partial charge in [-0.3, -0.25) is 4.68 Å². The molecule has 0 atom stereocenters. The van der Waals surface area contributed by atoms with Gasteiger partial charge in [-0.25, -0.2) is 4.98 Å². The second-order valence-corrected chi connectivity index (χ2v) is 12.4. The number of aromatic nitrogens is 4. The normalized spacial score (nSPS) is 11.4. The zero-order valence-corrected chi connectivity index (χ0v) is 29.7. The Labute approximate surface area is 291 Å². The third kappa shape index (κ3) is 6.42. The van der Waals surface area contributed by atoms with Crippen LogP contribution in [0.4, 0.5) is 0 Å². The van der Waals surface area contributed by atoms with Crippen LogP contribution >= 0.6 is 0 Å². The average Bonchev–Trinajstić information content (AvgIpc) is 3.67. The van der Waals surface area contributed by atoms with Gasteiger partial charge in [0.05, 0.1) is 6.20 Å². The van der Waals surface area contributed by atoms with Gasteiger partial charge in [0.25, 0.3) is 0 Å². The minimum absolute atomic E-state index is 0. The summed E-state index contributed by atoms with van der Waals surface area (Å²) in [6, 6.07) is 34.2. The van der Waals surface area contributed by atoms with E-state index in [-0.39, 0.29) is 21.1 Å². The summed E-state index contributed by atoms with van der Waals surface area (Å²) < 4.78 is 10.4. The fourth-order valence-electron chi connectivity index (χ4n) is 6.50. The van der Waals surface area contributed by atoms with E-state index in [0.717, 1.165) is 63.7 Å². The number of hydrogen-bond acceptors (Lipinski definition) is 3. The zero-order chi connectivity index (χ0) is 31.8. The molecule has 0 spiro atoms. The molecule has 47 heavy (non-hydrogen) atoms. The van der Waals surface area contributed by atoms with Crippen molar-refractivity contribution in [3.63, 3.8) is 0 Å². The van der Waals surface area contributed by atoms with Gasteiger partial charge in [-0.1, -0.05) is 63.5 Å². The predicted molar refractivity (Wildman–Crippen MR) is 187 cm³/mol. The van der Waals surface area contributed by atoms with E-state index < -0.39 is 0 Å². The van der Waals surface area contributed by atoms with Crippen LogP contribution in [0.3, 0.4) is 0 Å². The summed E-state index contributed by atoms with van der Waals surface area (Å²) in [4.78, 5) is 4.69. The number of ether oxygens (including phenoxy) is 1. The SMILES string of the molecule is CCc1cc(CC(C)C)cc(CC)c1-c1cnn(-c2[c-]c(Oc3[c-]c4c(cc3)c3ccccc3n4-c3cc(C)ccn3)ccc2)c1.[Pt+2]. The van der Waals surface area contributed by atoms with Crippen molar-refractivity contribution in [2.75, 3.05) is 0 Å². The van der Waals surface area contributed by atoms with E-state index in [9.17, 15) is 0 Å². The maximum absolute atomic E-state index is 6.38. The summed E-state index contributed by atoms with van der Waals surface area (Å²) in [5.74, 6) is 2.70. The Morgan fingerprint density at radius 3 is 2.34 bits per heavy atom. The van der Waals surface area contributed by atoms with Gasteiger partial charge in [-0.2, -0.15) is 17.2 Å². The first-order valence-electron chi connectivity index (χ1n) is 16.2. The molecule has 0 fully saturated rings. The number of benzene rings is 4. The summed E-state index contributed by atoms with van der Waals surface area (Å²) in [6.45, 7) is 11.1. The third-order valence-corrected chi connectivity index (χ3v) is 8.55. The summed E-state index contributed by atoms with van der Waals surface area (Å²) in [7, 11) is 0. The molecule has 3 heterocycles. The minimum Gasteiger partial charge on any atom is -0.509 e. The molecule has 0 bridgehead atoms. The van der Waals surface area contributed by atoms with Crippen LogP contribution < -0.4 is 4.74 Å². The fourth-order valence-corrected chi connectivity index (χ4v) is 6.50. The number of pyridine rings is 1. The topological polar surface area (TPSA) is 44.9 Å². The van der Waals surface area contributed by atoms with Gasteiger partial charge in [0, 0.05) is 35.0 Å². The van der Waals surface area contributed by atoms with E-state index in [4.69, 9.17) is 9.84 Å². The predicted octanol–water partition coefficient (Wildman–Crippen LogP) is 10.1. The molecule has 7 rings (SSSR count). The number of hydrogen-bond donors (Lipinski definition) is 0. The van der Waals surface area contributed by atoms with Gasteiger partial charge in [-0.15, -0.1) is 35.7 Å². The minimum atomic E-state index is 0. The number of aryl methyl sites for hydroxylation is 3. The first kappa shape index (κ1) is 32.5. The molecule has 4 aromatic carbocycles. The second-order valence-electron chi connectivity index (χ2n) is 12.4. The molecule has 0 saturated heterocycles. The van der Waals surface area contributed by atoms with Crippen molar-refractivity contribution in [2.45, 2.75) is 53.9 Å². The zero-order valence-electron chi connectivity index (χ0n) is 27.4. The molecule has 5 nitrogen and oxygen atoms in total. The van der Waals surface area contributed by atoms with Crippen LogP contribution in [-0.4, -0.2) is 19.3 Å². The van der Waals surface area contributed by atoms with Crippen molar-refractivity contribution in [3.05, 3.63) is 132 Å². The van der Waals surface area contributed by atoms with Crippen LogP contribution in [0, 0.1) is 25.0 Å². The maximum atomic E-state index is 6.38. The van der Waals surface area contributed by atoms with Gasteiger partial charge in [0.15, 0.2) is 0 Å². The molecular weight excluding hydrogens is 760 g/mol. The average molecular weight is 798 g/mol. The van der Waals surface area contributed by atoms with Crippen molar-refractivity contribution in [3.8, 4) is 34.1 Å². The number of nitrogens with zero attached hydrogens (tertiary/aromatic N) is 4. The molecule has 0 aliphatic rings. The summed E-state index contributed by atoms with van der Waals surface area (Å²) >= 11 is 0. The van der Waals surface area contributed by atoms with E-state index in [1.54, 1.807) is 0 Å². The van der Waals surface area contributed by atoms with Gasteiger partial charge in [0.2, 0.25) is 0 Å². The van der Waals surface area contributed by atoms with E-state index in [0.29, 0.717) is 17.4 Å². The first-order valence-corrected chi connectivity index (χ1v) is 16.2. The van der Waals surface area contributed by atoms with Crippen LogP contribution in [0.1, 0.15) is 49.9 Å². The van der Waals surface area contributed by atoms with E-state index >= 15 is 0 Å². The van der Waals surface area contributed by atoms with Crippen molar-refractivity contribution >= 4 is 21.8 Å². The molecule has 0 unspecified atom stereocenters. The third-order valence-electron chi connectivity index (χ3n) is 8.55. The Bertz CT molecular complexity index is 2170. The van der Waals surface area contributed by atoms with E-state index in [1.807, 2.05) is 47.4 Å². The quantitative estimate of drug-likeness (QED) is 0.137. The van der Waals surface area contributed by atoms with Crippen LogP contribution in [-0.2, 0) is 40.3 Å². The van der Waals surface area contributed by atoms with Gasteiger partial charge >= 0.3 is 21.1 Å². The van der Waals surface area contributed by atoms with Crippen LogP contribution in [0.25, 0.3) is 44.4 Å².